The number of rotatable bonds is 15. The normalized spacial score (nSPS) is 18.5. The molecule has 2 fully saturated rings. The third-order valence-corrected chi connectivity index (χ3v) is 8.90. The van der Waals surface area contributed by atoms with E-state index in [4.69, 9.17) is 47.4 Å². The minimum Gasteiger partial charge on any atom is -0.455 e. The summed E-state index contributed by atoms with van der Waals surface area (Å²) in [4.78, 5) is 123. The molecule has 4 atom stereocenters. The number of hydrogen-bond acceptors (Lipinski definition) is 20. The van der Waals surface area contributed by atoms with Gasteiger partial charge in [-0.3, -0.25) is 28.8 Å². The molecule has 1 saturated carbocycles. The van der Waals surface area contributed by atoms with Crippen LogP contribution in [-0.4, -0.2) is 83.6 Å². The van der Waals surface area contributed by atoms with E-state index in [-0.39, 0.29) is 52.0 Å². The summed E-state index contributed by atoms with van der Waals surface area (Å²) in [6.07, 6.45) is 1.57. The number of carbonyl (C=O) groups excluding carboxylic acids is 10. The maximum absolute atomic E-state index is 13.5. The topological polar surface area (TPSA) is 263 Å². The molecule has 1 aliphatic heterocycles. The van der Waals surface area contributed by atoms with E-state index in [1.807, 2.05) is 0 Å². The third kappa shape index (κ3) is 13.5. The average molecular weight is 913 g/mol. The molecule has 0 N–H and O–H groups in total. The molecule has 2 aliphatic rings. The zero-order valence-corrected chi connectivity index (χ0v) is 36.0. The van der Waals surface area contributed by atoms with Crippen molar-refractivity contribution in [3.8, 4) is 34.5 Å². The summed E-state index contributed by atoms with van der Waals surface area (Å²) in [6, 6.07) is 12.2. The zero-order chi connectivity index (χ0) is 48.3. The Morgan fingerprint density at radius 3 is 1.21 bits per heavy atom. The van der Waals surface area contributed by atoms with Crippen molar-refractivity contribution in [3.63, 3.8) is 0 Å². The van der Waals surface area contributed by atoms with Gasteiger partial charge in [0.25, 0.3) is 0 Å². The van der Waals surface area contributed by atoms with Gasteiger partial charge < -0.3 is 47.4 Å². The van der Waals surface area contributed by atoms with Crippen LogP contribution in [0.5, 0.6) is 34.5 Å². The molecule has 0 aromatic heterocycles. The first-order chi connectivity index (χ1) is 31.2. The smallest absolute Gasteiger partial charge is 0.351 e. The van der Waals surface area contributed by atoms with E-state index in [9.17, 15) is 47.9 Å². The maximum atomic E-state index is 13.5. The van der Waals surface area contributed by atoms with E-state index in [2.05, 4.69) is 0 Å². The molecule has 20 nitrogen and oxygen atoms in total. The van der Waals surface area contributed by atoms with Crippen LogP contribution in [0.2, 0.25) is 0 Å². The number of benzene rings is 3. The lowest BCUT2D eigenvalue weighted by Crippen LogP contribution is -2.53. The Labute approximate surface area is 374 Å². The van der Waals surface area contributed by atoms with E-state index < -0.39 is 90.0 Å². The summed E-state index contributed by atoms with van der Waals surface area (Å²) in [5.41, 5.74) is -1.17. The molecular weight excluding hydrogens is 872 g/mol. The summed E-state index contributed by atoms with van der Waals surface area (Å²) in [7, 11) is 0. The highest BCUT2D eigenvalue weighted by molar-refractivity contribution is 5.93. The van der Waals surface area contributed by atoms with Crippen LogP contribution in [0, 0.1) is 0 Å². The predicted octanol–water partition coefficient (Wildman–Crippen LogP) is 4.50. The lowest BCUT2D eigenvalue weighted by Gasteiger charge is -2.36. The Morgan fingerprint density at radius 2 is 0.833 bits per heavy atom. The van der Waals surface area contributed by atoms with Crippen molar-refractivity contribution >= 4 is 77.9 Å². The fourth-order valence-corrected chi connectivity index (χ4v) is 6.50. The van der Waals surface area contributed by atoms with Crippen molar-refractivity contribution in [1.29, 1.82) is 0 Å². The highest BCUT2D eigenvalue weighted by Crippen LogP contribution is 2.44. The first-order valence-corrected chi connectivity index (χ1v) is 19.6. The fraction of sp³-hybridized carbons (Fsp3) is 0.261. The Morgan fingerprint density at radius 1 is 0.485 bits per heavy atom. The van der Waals surface area contributed by atoms with E-state index in [1.165, 1.54) is 72.8 Å². The van der Waals surface area contributed by atoms with Crippen LogP contribution in [0.3, 0.4) is 0 Å². The van der Waals surface area contributed by atoms with E-state index >= 15 is 0 Å². The van der Waals surface area contributed by atoms with Crippen LogP contribution >= 0.6 is 0 Å². The van der Waals surface area contributed by atoms with Gasteiger partial charge in [0.2, 0.25) is 5.60 Å². The number of ether oxygens (including phenoxy) is 10. The van der Waals surface area contributed by atoms with Crippen molar-refractivity contribution in [1.82, 2.24) is 0 Å². The molecule has 0 amide bonds. The van der Waals surface area contributed by atoms with Crippen LogP contribution in [-0.2, 0) is 66.9 Å². The Hall–Kier alpha value is -8.42. The van der Waals surface area contributed by atoms with Crippen LogP contribution in [0.4, 0.5) is 0 Å². The van der Waals surface area contributed by atoms with Gasteiger partial charge in [-0.15, -0.1) is 0 Å². The van der Waals surface area contributed by atoms with Crippen molar-refractivity contribution in [2.75, 3.05) is 0 Å². The number of fused-ring (bicyclic) bond motifs is 2. The molecule has 2 bridgehead atoms. The van der Waals surface area contributed by atoms with Gasteiger partial charge in [-0.2, -0.15) is 0 Å². The minimum atomic E-state index is -2.04. The molecule has 3 aromatic rings. The maximum Gasteiger partial charge on any atom is 0.351 e. The van der Waals surface area contributed by atoms with Gasteiger partial charge in [-0.1, -0.05) is 18.2 Å². The molecule has 66 heavy (non-hydrogen) atoms. The highest BCUT2D eigenvalue weighted by Gasteiger charge is 2.63. The molecule has 20 heteroatoms. The molecule has 344 valence electrons. The summed E-state index contributed by atoms with van der Waals surface area (Å²) in [6.45, 7) is 6.84. The standard InChI is InChI=1S/C46H40O20/c1-24(47)57-33-13-7-30(19-36(33)60-27(4)50)10-16-41(53)63-39-22-46(66-43(55)18-12-32-9-15-35(59-26(3)49)38(21-32)62-29(6)52)23-40(64-45(46)56)44(39)65-42(54)17-11-31-8-14-34(58-25(2)48)37(20-31)61-28(5)51/h7-21,39-40,44H,22-23H2,1-6H3/b16-10+,17-11+,18-12+/t39-,40-,44-,46+/m1/s1. The lowest BCUT2D eigenvalue weighted by molar-refractivity contribution is -0.183. The molecule has 3 aromatic carbocycles. The molecule has 0 spiro atoms. The van der Waals surface area contributed by atoms with Gasteiger partial charge in [0.1, 0.15) is 12.2 Å². The summed E-state index contributed by atoms with van der Waals surface area (Å²) in [5, 5.41) is 0. The summed E-state index contributed by atoms with van der Waals surface area (Å²) in [5.74, 6) is -8.89. The van der Waals surface area contributed by atoms with E-state index in [0.717, 1.165) is 59.8 Å². The molecule has 1 saturated heterocycles. The molecule has 5 rings (SSSR count). The number of carbonyl (C=O) groups is 10. The second-order valence-electron chi connectivity index (χ2n) is 14.3. The van der Waals surface area contributed by atoms with Gasteiger partial charge >= 0.3 is 59.7 Å². The van der Waals surface area contributed by atoms with Gasteiger partial charge in [0.15, 0.2) is 40.6 Å². The monoisotopic (exact) mass is 912 g/mol. The Bertz CT molecular complexity index is 2580. The van der Waals surface area contributed by atoms with Crippen LogP contribution in [0.25, 0.3) is 18.2 Å². The lowest BCUT2D eigenvalue weighted by atomic mass is 9.81. The van der Waals surface area contributed by atoms with Crippen molar-refractivity contribution in [2.24, 2.45) is 0 Å². The van der Waals surface area contributed by atoms with Crippen molar-refractivity contribution in [3.05, 3.63) is 89.5 Å². The van der Waals surface area contributed by atoms with Crippen molar-refractivity contribution < 1.29 is 95.3 Å². The first-order valence-electron chi connectivity index (χ1n) is 19.6. The summed E-state index contributed by atoms with van der Waals surface area (Å²) >= 11 is 0. The molecule has 1 heterocycles. The van der Waals surface area contributed by atoms with Gasteiger partial charge in [-0.05, 0) is 71.3 Å². The van der Waals surface area contributed by atoms with Gasteiger partial charge in [-0.25, -0.2) is 19.2 Å². The zero-order valence-electron chi connectivity index (χ0n) is 36.0. The van der Waals surface area contributed by atoms with E-state index in [1.54, 1.807) is 0 Å². The summed E-state index contributed by atoms with van der Waals surface area (Å²) < 4.78 is 53.2. The predicted molar refractivity (Wildman–Crippen MR) is 222 cm³/mol. The molecule has 0 unspecified atom stereocenters. The number of hydrogen-bond donors (Lipinski definition) is 0. The van der Waals surface area contributed by atoms with Crippen LogP contribution < -0.4 is 28.4 Å². The molecule has 0 radical (unpaired) electrons. The SMILES string of the molecule is CC(=O)Oc1ccc(/C=C/C(=O)O[C@@H]2[C@H](OC(=O)/C=C/c3ccc(OC(C)=O)c(OC(C)=O)c3)C[C@]3(OC(=O)/C=C/c4ccc(OC(C)=O)c(OC(C)=O)c4)C[C@H]2OC3=O)cc1OC(C)=O. The number of esters is 10. The van der Waals surface area contributed by atoms with Crippen LogP contribution in [0.15, 0.2) is 72.8 Å². The average Bonchev–Trinajstić information content (AvgIpc) is 3.47. The van der Waals surface area contributed by atoms with Crippen molar-refractivity contribution in [2.45, 2.75) is 78.3 Å². The fourth-order valence-electron chi connectivity index (χ4n) is 6.50. The third-order valence-electron chi connectivity index (χ3n) is 8.90. The second-order valence-corrected chi connectivity index (χ2v) is 14.3. The quantitative estimate of drug-likeness (QED) is 0.0879. The Balaban J connectivity index is 1.40. The van der Waals surface area contributed by atoms with Crippen LogP contribution in [0.1, 0.15) is 71.1 Å². The molecule has 1 aliphatic carbocycles. The second kappa shape index (κ2) is 21.3. The minimum absolute atomic E-state index is 0.0618. The van der Waals surface area contributed by atoms with E-state index in [0.29, 0.717) is 5.56 Å². The highest BCUT2D eigenvalue weighted by atomic mass is 16.7. The van der Waals surface area contributed by atoms with Gasteiger partial charge in [0.05, 0.1) is 0 Å². The largest absolute Gasteiger partial charge is 0.455 e. The Kier molecular flexibility index (Phi) is 15.7. The molecular formula is C46H40O20. The van der Waals surface area contributed by atoms with Gasteiger partial charge in [0, 0.05) is 72.6 Å². The first kappa shape index (κ1) is 48.6.